The standard InChI is InChI=1S/C26H42N2O37S5.C21H38N.ClH/c1-4(30)27-7-9(31)13(6(56-23(7)39)3-55-67(43,44)45)58-26-19(65-70(52,53)54)12(34)16(20(62-26)22(37)38)60-24-8(28-66(40,41)42)15(63-68(46,47)48)14(5(2-29)57-24)59-25-18(64-69(49,50)51)11(33)10(32)17(61-25)21(35)36;1-2-3-4-5-6-7-8-9-10-11-12-13-14-16-19-22-20-17-15-18-21-22;/h5-20,23-26,28-29,31-34,39H,2-3H2,1H3,(H,27,30)(H,35,36)(H,37,38)(H,40,41,42)(H,43,44,45)(H,46,47,48)(H,49,50,51)(H,52,53,54);15,17-18,20-21H,2-14,16,19H2,1H3;1H/q;+1;/p-1/t5-,6+,7-,8-,9-,10-,11-,12+,13-,14-,15-,16+,17-,18+,19-,20+,23-,24+,25+,26-;;/m1../s1. The fraction of sp³-hybridized carbons (Fsp3) is 0.830. The van der Waals surface area contributed by atoms with E-state index in [0.29, 0.717) is 0 Å². The van der Waals surface area contributed by atoms with Crippen LogP contribution in [-0.2, 0) is 123 Å². The van der Waals surface area contributed by atoms with Gasteiger partial charge in [-0.15, -0.1) is 0 Å². The highest BCUT2D eigenvalue weighted by molar-refractivity contribution is 7.83. The lowest BCUT2D eigenvalue weighted by molar-refractivity contribution is -0.697. The lowest BCUT2D eigenvalue weighted by Crippen LogP contribution is -3.00. The summed E-state index contributed by atoms with van der Waals surface area (Å²) in [6.45, 7) is 1.23. The molecule has 0 saturated carbocycles. The van der Waals surface area contributed by atoms with Crippen molar-refractivity contribution >= 4 is 69.7 Å². The Morgan fingerprint density at radius 1 is 0.495 bits per heavy atom. The number of hydrogen-bond donors (Lipinski definition) is 15. The molecule has 1 aromatic heterocycles. The number of aliphatic hydroxyl groups is 6. The van der Waals surface area contributed by atoms with E-state index in [-0.39, 0.29) is 12.4 Å². The van der Waals surface area contributed by atoms with Gasteiger partial charge in [0.15, 0.2) is 62.0 Å². The van der Waals surface area contributed by atoms with E-state index in [4.69, 9.17) is 37.7 Å². The molecular weight excluding hydrogens is 1390 g/mol. The van der Waals surface area contributed by atoms with Crippen LogP contribution in [0.2, 0.25) is 0 Å². The van der Waals surface area contributed by atoms with Crippen molar-refractivity contribution in [2.45, 2.75) is 233 Å². The molecule has 1 amide bonds. The van der Waals surface area contributed by atoms with Crippen LogP contribution in [0.5, 0.6) is 0 Å². The summed E-state index contributed by atoms with van der Waals surface area (Å²) in [5.74, 6) is -5.49. The first-order valence-corrected chi connectivity index (χ1v) is 35.2. The lowest BCUT2D eigenvalue weighted by atomic mass is 9.94. The van der Waals surface area contributed by atoms with Crippen LogP contribution in [0, 0.1) is 0 Å². The smallest absolute Gasteiger partial charge is 0.397 e. The van der Waals surface area contributed by atoms with Gasteiger partial charge in [-0.2, -0.15) is 46.8 Å². The third-order valence-corrected chi connectivity index (χ3v) is 16.6. The van der Waals surface area contributed by atoms with Crippen LogP contribution in [0.4, 0.5) is 0 Å². The molecule has 20 atom stereocenters. The minimum Gasteiger partial charge on any atom is -1.00 e. The summed E-state index contributed by atoms with van der Waals surface area (Å²) >= 11 is 0. The molecule has 4 aliphatic heterocycles. The minimum absolute atomic E-state index is 0. The summed E-state index contributed by atoms with van der Waals surface area (Å²) in [5.41, 5.74) is 0. The van der Waals surface area contributed by atoms with E-state index in [1.807, 2.05) is 5.32 Å². The van der Waals surface area contributed by atoms with Gasteiger partial charge < -0.3 is 91.7 Å². The van der Waals surface area contributed by atoms with Crippen molar-refractivity contribution in [3.63, 3.8) is 0 Å². The van der Waals surface area contributed by atoms with Gasteiger partial charge in [-0.1, -0.05) is 90.0 Å². The first-order valence-electron chi connectivity index (χ1n) is 28.3. The fourth-order valence-electron chi connectivity index (χ4n) is 10.1. The van der Waals surface area contributed by atoms with E-state index in [1.54, 1.807) is 0 Å². The number of aliphatic carboxylic acids is 2. The van der Waals surface area contributed by atoms with E-state index in [9.17, 15) is 116 Å². The molecule has 0 aliphatic carbocycles. The number of hydrogen-bond acceptors (Lipinski definition) is 30. The topological polar surface area (TPSA) is 614 Å². The van der Waals surface area contributed by atoms with Crippen LogP contribution in [0.3, 0.4) is 0 Å². The van der Waals surface area contributed by atoms with Gasteiger partial charge in [-0.25, -0.2) is 30.9 Å². The van der Waals surface area contributed by atoms with Crippen molar-refractivity contribution in [2.24, 2.45) is 0 Å². The van der Waals surface area contributed by atoms with Crippen LogP contribution in [0.15, 0.2) is 30.6 Å². The van der Waals surface area contributed by atoms with Gasteiger partial charge in [0.1, 0.15) is 79.7 Å². The Hall–Kier alpha value is -3.32. The predicted molar refractivity (Wildman–Crippen MR) is 298 cm³/mol. The number of carbonyl (C=O) groups is 3. The molecule has 4 fully saturated rings. The number of nitrogens with one attached hydrogen (secondary N) is 2. The highest BCUT2D eigenvalue weighted by Gasteiger charge is 2.60. The number of aromatic nitrogens is 1. The first kappa shape index (κ1) is 83.9. The summed E-state index contributed by atoms with van der Waals surface area (Å²) < 4.78 is 225. The van der Waals surface area contributed by atoms with Crippen LogP contribution < -0.4 is 27.0 Å². The Bertz CT molecular complexity index is 3060. The summed E-state index contributed by atoms with van der Waals surface area (Å²) in [6, 6.07) is 1.36. The molecule has 40 nitrogen and oxygen atoms in total. The summed E-state index contributed by atoms with van der Waals surface area (Å²) in [4.78, 5) is 36.4. The molecule has 4 saturated heterocycles. The Morgan fingerprint density at radius 3 is 1.40 bits per heavy atom. The fourth-order valence-corrected chi connectivity index (χ4v) is 12.5. The van der Waals surface area contributed by atoms with Crippen molar-refractivity contribution in [3.05, 3.63) is 30.6 Å². The number of carbonyl (C=O) groups excluding carboxylic acids is 1. The van der Waals surface area contributed by atoms with Gasteiger partial charge in [0.2, 0.25) is 5.91 Å². The van der Waals surface area contributed by atoms with Crippen molar-refractivity contribution < 1.29 is 187 Å². The monoisotopic (exact) mass is 1470 g/mol. The van der Waals surface area contributed by atoms with E-state index in [2.05, 4.69) is 58.8 Å². The number of aryl methyl sites for hydroxylation is 1. The Kier molecular flexibility index (Phi) is 34.4. The summed E-state index contributed by atoms with van der Waals surface area (Å²) in [6.07, 6.45) is -24.7. The van der Waals surface area contributed by atoms with E-state index >= 15 is 0 Å². The molecule has 15 N–H and O–H groups in total. The molecule has 0 radical (unpaired) electrons. The maximum atomic E-state index is 12.7. The molecular formula is C47H80ClN3O37S5. The number of carboxylic acid groups (broad SMARTS) is 2. The molecule has 542 valence electrons. The zero-order valence-corrected chi connectivity index (χ0v) is 54.3. The zero-order valence-electron chi connectivity index (χ0n) is 49.4. The van der Waals surface area contributed by atoms with E-state index in [0.717, 1.165) is 6.92 Å². The van der Waals surface area contributed by atoms with Gasteiger partial charge in [-0.05, 0) is 6.42 Å². The van der Waals surface area contributed by atoms with Crippen LogP contribution in [-0.4, -0.2) is 259 Å². The number of aliphatic hydroxyl groups excluding tert-OH is 6. The molecule has 5 heterocycles. The number of halogens is 1. The Balaban J connectivity index is 0.000000827. The lowest BCUT2D eigenvalue weighted by Gasteiger charge is -2.50. The maximum Gasteiger partial charge on any atom is 0.397 e. The van der Waals surface area contributed by atoms with Crippen LogP contribution in [0.25, 0.3) is 0 Å². The maximum absolute atomic E-state index is 12.7. The molecule has 0 bridgehead atoms. The number of ether oxygens (including phenoxy) is 7. The molecule has 1 aromatic rings. The number of nitrogens with zero attached hydrogens (tertiary/aromatic N) is 1. The molecule has 0 unspecified atom stereocenters. The summed E-state index contributed by atoms with van der Waals surface area (Å²) in [5, 5.41) is 86.0. The third-order valence-electron chi connectivity index (χ3n) is 14.2. The second kappa shape index (κ2) is 38.1. The van der Waals surface area contributed by atoms with Gasteiger partial charge in [0.25, 0.3) is 0 Å². The van der Waals surface area contributed by atoms with Gasteiger partial charge in [0.05, 0.1) is 13.2 Å². The minimum atomic E-state index is -6.09. The quantitative estimate of drug-likeness (QED) is 0.0169. The van der Waals surface area contributed by atoms with Gasteiger partial charge in [0, 0.05) is 25.5 Å². The molecule has 0 spiro atoms. The molecule has 0 aromatic carbocycles. The predicted octanol–water partition coefficient (Wildman–Crippen LogP) is -7.25. The largest absolute Gasteiger partial charge is 1.00 e. The average molecular weight is 1470 g/mol. The highest BCUT2D eigenvalue weighted by Crippen LogP contribution is 2.38. The molecule has 5 rings (SSSR count). The summed E-state index contributed by atoms with van der Waals surface area (Å²) in [7, 11) is -29.1. The zero-order chi connectivity index (χ0) is 69.1. The van der Waals surface area contributed by atoms with Gasteiger partial charge >= 0.3 is 63.8 Å². The van der Waals surface area contributed by atoms with E-state index < -0.39 is 206 Å². The molecule has 46 heteroatoms. The van der Waals surface area contributed by atoms with Crippen molar-refractivity contribution in [3.8, 4) is 0 Å². The third kappa shape index (κ3) is 28.6. The van der Waals surface area contributed by atoms with Crippen molar-refractivity contribution in [1.29, 1.82) is 0 Å². The second-order valence-electron chi connectivity index (χ2n) is 21.3. The number of unbranched alkanes of at least 4 members (excludes halogenated alkanes) is 13. The van der Waals surface area contributed by atoms with Crippen molar-refractivity contribution in [2.75, 3.05) is 13.2 Å². The molecule has 93 heavy (non-hydrogen) atoms. The second-order valence-corrected chi connectivity index (χ2v) is 26.7. The van der Waals surface area contributed by atoms with Crippen LogP contribution in [0.1, 0.15) is 104 Å². The normalized spacial score (nSPS) is 32.1. The SMILES string of the molecule is CC(=O)N[C@@H]1[C@@H](O)[C@H](O[C@@H]2O[C@H](C(=O)O)[C@@H](O[C@@H]3O[C@H](CO)[C@@H](O[C@H]4O[C@@H](C(=O)O)[C@H](O)[C@@H](O)[C@@H]4OS(=O)(=O)O)[C@H](OS(=O)(=O)O)[C@H]3NS(=O)(=O)O)[C@H](O)[C@H]2OS(=O)(=O)O)[C@H](COS(=O)(=O)O)O[C@H]1O.CCCCCCCCCCCCCCCC[n+]1ccccc1.[Cl-]. The van der Waals surface area contributed by atoms with E-state index in [1.165, 1.54) is 101 Å². The van der Waals surface area contributed by atoms with Gasteiger partial charge in [-0.3, -0.25) is 27.6 Å². The molecule has 4 aliphatic rings. The highest BCUT2D eigenvalue weighted by atomic mass is 35.5. The number of pyridine rings is 1. The number of rotatable bonds is 36. The van der Waals surface area contributed by atoms with Crippen molar-refractivity contribution in [1.82, 2.24) is 10.0 Å². The number of amides is 1. The Labute approximate surface area is 541 Å². The average Bonchev–Trinajstić information content (AvgIpc) is 0.775. The van der Waals surface area contributed by atoms with Crippen LogP contribution >= 0.6 is 0 Å². The first-order chi connectivity index (χ1) is 42.7. The number of carboxylic acids is 2. The Morgan fingerprint density at radius 2 is 0.946 bits per heavy atom.